The zero-order chi connectivity index (χ0) is 32.4. The monoisotopic (exact) mass is 618 g/mol. The summed E-state index contributed by atoms with van der Waals surface area (Å²) in [5.41, 5.74) is 1.37. The number of carbonyl (C=O) groups excluding carboxylic acids is 3. The minimum Gasteiger partial charge on any atom is -0.445 e. The number of hydrogen-bond donors (Lipinski definition) is 1. The van der Waals surface area contributed by atoms with Crippen LogP contribution in [0.3, 0.4) is 0 Å². The second-order valence-electron chi connectivity index (χ2n) is 12.6. The standard InChI is InChI=1S/C35H46N4O6/c1-35(2,3)45-33(42)36-19-20-38(34(43)44-25-26-13-7-5-8-14-26)21-22-39(32(41)27-15-9-6-10-16-27)24-29-23-28-17-11-12-18-30(28)37(4)31(29)40/h5,7-8,11-14,17-18,23,27H,6,9-10,15-16,19-22,24-25H2,1-4H3,(H,36,42). The Morgan fingerprint density at radius 1 is 0.911 bits per heavy atom. The van der Waals surface area contributed by atoms with Crippen LogP contribution in [0.5, 0.6) is 0 Å². The van der Waals surface area contributed by atoms with Crippen LogP contribution in [0.25, 0.3) is 10.9 Å². The van der Waals surface area contributed by atoms with E-state index >= 15 is 0 Å². The molecule has 1 heterocycles. The van der Waals surface area contributed by atoms with Crippen molar-refractivity contribution in [1.29, 1.82) is 0 Å². The predicted octanol–water partition coefficient (Wildman–Crippen LogP) is 5.61. The van der Waals surface area contributed by atoms with E-state index in [1.165, 1.54) is 4.90 Å². The van der Waals surface area contributed by atoms with Gasteiger partial charge < -0.3 is 29.2 Å². The van der Waals surface area contributed by atoms with Crippen molar-refractivity contribution in [3.63, 3.8) is 0 Å². The summed E-state index contributed by atoms with van der Waals surface area (Å²) in [5.74, 6) is -0.121. The number of ether oxygens (including phenoxy) is 2. The second kappa shape index (κ2) is 15.6. The average Bonchev–Trinajstić information content (AvgIpc) is 3.02. The number of carbonyl (C=O) groups is 3. The first-order valence-corrected chi connectivity index (χ1v) is 15.8. The molecule has 0 aliphatic heterocycles. The molecule has 0 unspecified atom stereocenters. The summed E-state index contributed by atoms with van der Waals surface area (Å²) in [4.78, 5) is 56.0. The van der Waals surface area contributed by atoms with Crippen molar-refractivity contribution >= 4 is 29.0 Å². The van der Waals surface area contributed by atoms with Crippen molar-refractivity contribution in [3.05, 3.63) is 82.1 Å². The average molecular weight is 619 g/mol. The molecule has 4 rings (SSSR count). The molecule has 0 bridgehead atoms. The van der Waals surface area contributed by atoms with Crippen molar-refractivity contribution in [2.24, 2.45) is 13.0 Å². The van der Waals surface area contributed by atoms with E-state index in [0.717, 1.165) is 48.6 Å². The zero-order valence-corrected chi connectivity index (χ0v) is 26.9. The van der Waals surface area contributed by atoms with Crippen LogP contribution in [-0.4, -0.2) is 64.2 Å². The topological polar surface area (TPSA) is 110 Å². The third kappa shape index (κ3) is 9.83. The molecule has 3 aromatic rings. The molecule has 3 amide bonds. The number of fused-ring (bicyclic) bond motifs is 1. The normalized spacial score (nSPS) is 13.7. The number of para-hydroxylation sites is 1. The van der Waals surface area contributed by atoms with E-state index < -0.39 is 17.8 Å². The van der Waals surface area contributed by atoms with Gasteiger partial charge in [0.1, 0.15) is 12.2 Å². The van der Waals surface area contributed by atoms with Crippen LogP contribution >= 0.6 is 0 Å². The molecule has 10 heteroatoms. The fourth-order valence-corrected chi connectivity index (χ4v) is 5.64. The molecule has 1 aliphatic carbocycles. The Balaban J connectivity index is 1.52. The van der Waals surface area contributed by atoms with E-state index in [4.69, 9.17) is 9.47 Å². The minimum absolute atomic E-state index is 0.00519. The lowest BCUT2D eigenvalue weighted by atomic mass is 9.88. The van der Waals surface area contributed by atoms with Crippen molar-refractivity contribution in [3.8, 4) is 0 Å². The number of aromatic nitrogens is 1. The van der Waals surface area contributed by atoms with E-state index in [-0.39, 0.29) is 56.7 Å². The van der Waals surface area contributed by atoms with E-state index in [1.54, 1.807) is 37.3 Å². The molecule has 0 atom stereocenters. The second-order valence-corrected chi connectivity index (χ2v) is 12.6. The first-order valence-electron chi connectivity index (χ1n) is 15.8. The molecular formula is C35H46N4O6. The third-order valence-electron chi connectivity index (χ3n) is 7.99. The molecule has 1 N–H and O–H groups in total. The van der Waals surface area contributed by atoms with Gasteiger partial charge in [0.25, 0.3) is 5.56 Å². The highest BCUT2D eigenvalue weighted by molar-refractivity contribution is 5.81. The maximum Gasteiger partial charge on any atom is 0.410 e. The largest absolute Gasteiger partial charge is 0.445 e. The Kier molecular flexibility index (Phi) is 11.6. The van der Waals surface area contributed by atoms with Gasteiger partial charge in [-0.1, -0.05) is 67.8 Å². The third-order valence-corrected chi connectivity index (χ3v) is 7.99. The van der Waals surface area contributed by atoms with Crippen molar-refractivity contribution in [2.45, 2.75) is 71.6 Å². The fourth-order valence-electron chi connectivity index (χ4n) is 5.64. The van der Waals surface area contributed by atoms with Gasteiger partial charge in [-0.25, -0.2) is 9.59 Å². The molecule has 242 valence electrons. The van der Waals surface area contributed by atoms with E-state index in [9.17, 15) is 19.2 Å². The summed E-state index contributed by atoms with van der Waals surface area (Å²) in [6.45, 7) is 6.21. The highest BCUT2D eigenvalue weighted by atomic mass is 16.6. The smallest absolute Gasteiger partial charge is 0.410 e. The Labute approximate surface area is 265 Å². The van der Waals surface area contributed by atoms with Crippen LogP contribution in [0.1, 0.15) is 64.0 Å². The first-order chi connectivity index (χ1) is 21.5. The molecule has 1 aliphatic rings. The Morgan fingerprint density at radius 2 is 1.58 bits per heavy atom. The van der Waals surface area contributed by atoms with Crippen LogP contribution in [-0.2, 0) is 34.5 Å². The van der Waals surface area contributed by atoms with Crippen LogP contribution in [0.2, 0.25) is 0 Å². The van der Waals surface area contributed by atoms with Gasteiger partial charge in [-0.15, -0.1) is 0 Å². The molecule has 45 heavy (non-hydrogen) atoms. The number of amides is 3. The number of nitrogens with one attached hydrogen (secondary N) is 1. The van der Waals surface area contributed by atoms with Gasteiger partial charge in [0, 0.05) is 44.7 Å². The lowest BCUT2D eigenvalue weighted by Gasteiger charge is -2.31. The van der Waals surface area contributed by atoms with Crippen molar-refractivity contribution < 1.29 is 23.9 Å². The van der Waals surface area contributed by atoms with Crippen LogP contribution in [0.15, 0.2) is 65.5 Å². The van der Waals surface area contributed by atoms with Gasteiger partial charge in [0.2, 0.25) is 5.91 Å². The Bertz CT molecular complexity index is 1510. The quantitative estimate of drug-likeness (QED) is 0.299. The number of benzene rings is 2. The SMILES string of the molecule is Cn1c(=O)c(CN(CCN(CCNC(=O)OC(C)(C)C)C(=O)OCc2ccccc2)C(=O)C2CCCCC2)cc2ccccc21. The van der Waals surface area contributed by atoms with Crippen molar-refractivity contribution in [2.75, 3.05) is 26.2 Å². The number of hydrogen-bond acceptors (Lipinski definition) is 6. The van der Waals surface area contributed by atoms with Gasteiger partial charge in [-0.05, 0) is 56.7 Å². The van der Waals surface area contributed by atoms with E-state index in [2.05, 4.69) is 5.32 Å². The van der Waals surface area contributed by atoms with Gasteiger partial charge in [0.05, 0.1) is 12.1 Å². The highest BCUT2D eigenvalue weighted by Crippen LogP contribution is 2.26. The van der Waals surface area contributed by atoms with Crippen LogP contribution < -0.4 is 10.9 Å². The lowest BCUT2D eigenvalue weighted by Crippen LogP contribution is -2.46. The molecule has 10 nitrogen and oxygen atoms in total. The first kappa shape index (κ1) is 33.6. The molecule has 1 fully saturated rings. The summed E-state index contributed by atoms with van der Waals surface area (Å²) in [6, 6.07) is 18.9. The molecule has 0 radical (unpaired) electrons. The van der Waals surface area contributed by atoms with Crippen LogP contribution in [0, 0.1) is 5.92 Å². The summed E-state index contributed by atoms with van der Waals surface area (Å²) >= 11 is 0. The number of pyridine rings is 1. The maximum atomic E-state index is 13.9. The number of rotatable bonds is 11. The van der Waals surface area contributed by atoms with Crippen LogP contribution in [0.4, 0.5) is 9.59 Å². The molecule has 1 aromatic heterocycles. The predicted molar refractivity (Wildman–Crippen MR) is 174 cm³/mol. The van der Waals surface area contributed by atoms with Gasteiger partial charge >= 0.3 is 12.2 Å². The summed E-state index contributed by atoms with van der Waals surface area (Å²) < 4.78 is 12.6. The maximum absolute atomic E-state index is 13.9. The number of alkyl carbamates (subject to hydrolysis) is 1. The molecule has 0 saturated heterocycles. The summed E-state index contributed by atoms with van der Waals surface area (Å²) in [7, 11) is 1.74. The molecule has 1 saturated carbocycles. The lowest BCUT2D eigenvalue weighted by molar-refractivity contribution is -0.137. The van der Waals surface area contributed by atoms with Crippen molar-refractivity contribution in [1.82, 2.24) is 19.7 Å². The Hall–Kier alpha value is -4.34. The van der Waals surface area contributed by atoms with Gasteiger partial charge in [0.15, 0.2) is 0 Å². The Morgan fingerprint density at radius 3 is 2.29 bits per heavy atom. The fraction of sp³-hybridized carbons (Fsp3) is 0.486. The van der Waals surface area contributed by atoms with Gasteiger partial charge in [-0.2, -0.15) is 0 Å². The molecular weight excluding hydrogens is 572 g/mol. The van der Waals surface area contributed by atoms with E-state index in [1.807, 2.05) is 60.7 Å². The van der Waals surface area contributed by atoms with E-state index in [0.29, 0.717) is 5.56 Å². The molecule has 2 aromatic carbocycles. The molecule has 0 spiro atoms. The zero-order valence-electron chi connectivity index (χ0n) is 26.9. The van der Waals surface area contributed by atoms with Gasteiger partial charge in [-0.3, -0.25) is 9.59 Å². The minimum atomic E-state index is -0.655. The summed E-state index contributed by atoms with van der Waals surface area (Å²) in [5, 5.41) is 3.61. The highest BCUT2D eigenvalue weighted by Gasteiger charge is 2.28. The number of aryl methyl sites for hydroxylation is 1. The number of nitrogens with zero attached hydrogens (tertiary/aromatic N) is 3. The summed E-state index contributed by atoms with van der Waals surface area (Å²) in [6.07, 6.45) is 3.59.